The fourth-order valence-electron chi connectivity index (χ4n) is 1.86. The van der Waals surface area contributed by atoms with Gasteiger partial charge in [0, 0.05) is 12.6 Å². The average Bonchev–Trinajstić information content (AvgIpc) is 2.39. The third kappa shape index (κ3) is 5.12. The van der Waals surface area contributed by atoms with Gasteiger partial charge in [-0.1, -0.05) is 30.3 Å². The normalized spacial score (nSPS) is 10.3. The minimum atomic E-state index is -0.293. The van der Waals surface area contributed by atoms with Crippen molar-refractivity contribution in [2.24, 2.45) is 0 Å². The van der Waals surface area contributed by atoms with Crippen molar-refractivity contribution < 1.29 is 14.3 Å². The van der Waals surface area contributed by atoms with Gasteiger partial charge in [-0.2, -0.15) is 0 Å². The summed E-state index contributed by atoms with van der Waals surface area (Å²) in [4.78, 5) is 25.1. The number of amides is 1. The van der Waals surface area contributed by atoms with Gasteiger partial charge < -0.3 is 9.64 Å². The van der Waals surface area contributed by atoms with E-state index in [0.717, 1.165) is 5.56 Å². The second-order valence-corrected chi connectivity index (χ2v) is 4.67. The van der Waals surface area contributed by atoms with Crippen molar-refractivity contribution in [2.45, 2.75) is 32.7 Å². The molecule has 0 aliphatic rings. The minimum absolute atomic E-state index is 0.0325. The maximum Gasteiger partial charge on any atom is 0.307 e. The lowest BCUT2D eigenvalue weighted by Gasteiger charge is -2.26. The van der Waals surface area contributed by atoms with Gasteiger partial charge in [0.1, 0.15) is 0 Å². The number of esters is 1. The van der Waals surface area contributed by atoms with Crippen LogP contribution in [0.3, 0.4) is 0 Å². The molecule has 0 unspecified atom stereocenters. The van der Waals surface area contributed by atoms with E-state index in [0.29, 0.717) is 13.0 Å². The Morgan fingerprint density at radius 2 is 1.84 bits per heavy atom. The molecule has 0 atom stereocenters. The molecular weight excluding hydrogens is 242 g/mol. The van der Waals surface area contributed by atoms with Gasteiger partial charge in [0.25, 0.3) is 0 Å². The summed E-state index contributed by atoms with van der Waals surface area (Å²) in [5, 5.41) is 0. The van der Waals surface area contributed by atoms with Crippen molar-refractivity contribution in [1.82, 2.24) is 4.90 Å². The Bertz CT molecular complexity index is 415. The highest BCUT2D eigenvalue weighted by Crippen LogP contribution is 2.07. The minimum Gasteiger partial charge on any atom is -0.469 e. The van der Waals surface area contributed by atoms with Gasteiger partial charge in [-0.05, 0) is 19.4 Å². The molecule has 1 amide bonds. The Hall–Kier alpha value is -1.84. The van der Waals surface area contributed by atoms with Crippen LogP contribution in [0, 0.1) is 0 Å². The zero-order valence-corrected chi connectivity index (χ0v) is 11.8. The van der Waals surface area contributed by atoms with Crippen LogP contribution in [-0.2, 0) is 20.7 Å². The largest absolute Gasteiger partial charge is 0.469 e. The van der Waals surface area contributed by atoms with Gasteiger partial charge in [-0.25, -0.2) is 0 Å². The summed E-state index contributed by atoms with van der Waals surface area (Å²) in [6, 6.07) is 9.67. The Kier molecular flexibility index (Phi) is 6.06. The Balaban J connectivity index is 2.60. The van der Waals surface area contributed by atoms with Crippen molar-refractivity contribution >= 4 is 11.9 Å². The molecular formula is C15H21NO3. The number of methoxy groups -OCH3 is 1. The number of benzene rings is 1. The van der Waals surface area contributed by atoms with E-state index in [4.69, 9.17) is 0 Å². The molecule has 0 fully saturated rings. The van der Waals surface area contributed by atoms with Gasteiger partial charge in [-0.3, -0.25) is 9.59 Å². The van der Waals surface area contributed by atoms with E-state index >= 15 is 0 Å². The number of nitrogens with zero attached hydrogens (tertiary/aromatic N) is 1. The Labute approximate surface area is 114 Å². The van der Waals surface area contributed by atoms with E-state index in [1.165, 1.54) is 7.11 Å². The molecule has 0 saturated heterocycles. The van der Waals surface area contributed by atoms with Crippen LogP contribution in [0.1, 0.15) is 25.8 Å². The van der Waals surface area contributed by atoms with Crippen LogP contribution in [0.5, 0.6) is 0 Å². The van der Waals surface area contributed by atoms with Gasteiger partial charge in [0.15, 0.2) is 0 Å². The number of carbonyl (C=O) groups excluding carboxylic acids is 2. The summed E-state index contributed by atoms with van der Waals surface area (Å²) in [6.45, 7) is 4.29. The predicted molar refractivity (Wildman–Crippen MR) is 73.6 cm³/mol. The smallest absolute Gasteiger partial charge is 0.307 e. The second-order valence-electron chi connectivity index (χ2n) is 4.67. The molecule has 1 aromatic carbocycles. The molecule has 0 spiro atoms. The van der Waals surface area contributed by atoms with Crippen molar-refractivity contribution in [3.8, 4) is 0 Å². The molecule has 19 heavy (non-hydrogen) atoms. The molecule has 0 heterocycles. The third-order valence-corrected chi connectivity index (χ3v) is 2.93. The first-order valence-corrected chi connectivity index (χ1v) is 6.44. The highest BCUT2D eigenvalue weighted by molar-refractivity contribution is 5.79. The van der Waals surface area contributed by atoms with Crippen molar-refractivity contribution in [3.05, 3.63) is 35.9 Å². The summed E-state index contributed by atoms with van der Waals surface area (Å²) in [7, 11) is 1.35. The topological polar surface area (TPSA) is 46.6 Å². The lowest BCUT2D eigenvalue weighted by atomic mass is 10.1. The molecule has 0 saturated carbocycles. The molecule has 1 aromatic rings. The van der Waals surface area contributed by atoms with Crippen molar-refractivity contribution in [3.63, 3.8) is 0 Å². The quantitative estimate of drug-likeness (QED) is 0.738. The first kappa shape index (κ1) is 15.2. The van der Waals surface area contributed by atoms with E-state index in [-0.39, 0.29) is 24.3 Å². The number of hydrogen-bond acceptors (Lipinski definition) is 3. The average molecular weight is 263 g/mol. The standard InChI is InChI=1S/C15H21NO3/c1-12(2)16(10-9-15(18)19-3)14(17)11-13-7-5-4-6-8-13/h4-8,12H,9-11H2,1-3H3. The third-order valence-electron chi connectivity index (χ3n) is 2.93. The summed E-state index contributed by atoms with van der Waals surface area (Å²) in [5.41, 5.74) is 0.983. The zero-order chi connectivity index (χ0) is 14.3. The fourth-order valence-corrected chi connectivity index (χ4v) is 1.86. The zero-order valence-electron chi connectivity index (χ0n) is 11.8. The van der Waals surface area contributed by atoms with E-state index in [1.807, 2.05) is 44.2 Å². The fraction of sp³-hybridized carbons (Fsp3) is 0.467. The number of hydrogen-bond donors (Lipinski definition) is 0. The molecule has 1 rings (SSSR count). The summed E-state index contributed by atoms with van der Waals surface area (Å²) in [5.74, 6) is -0.261. The number of carbonyl (C=O) groups is 2. The van der Waals surface area contributed by atoms with Crippen LogP contribution in [0.4, 0.5) is 0 Å². The molecule has 0 aliphatic carbocycles. The van der Waals surface area contributed by atoms with Crippen LogP contribution in [0.2, 0.25) is 0 Å². The monoisotopic (exact) mass is 263 g/mol. The predicted octanol–water partition coefficient (Wildman–Crippen LogP) is 2.03. The van der Waals surface area contributed by atoms with E-state index < -0.39 is 0 Å². The molecule has 0 radical (unpaired) electrons. The van der Waals surface area contributed by atoms with Gasteiger partial charge in [-0.15, -0.1) is 0 Å². The molecule has 0 aromatic heterocycles. The van der Waals surface area contributed by atoms with Gasteiger partial charge >= 0.3 is 5.97 Å². The van der Waals surface area contributed by atoms with Gasteiger partial charge in [0.2, 0.25) is 5.91 Å². The first-order valence-electron chi connectivity index (χ1n) is 6.44. The SMILES string of the molecule is COC(=O)CCN(C(=O)Cc1ccccc1)C(C)C. The molecule has 104 valence electrons. The van der Waals surface area contributed by atoms with E-state index in [2.05, 4.69) is 4.74 Å². The van der Waals surface area contributed by atoms with E-state index in [9.17, 15) is 9.59 Å². The van der Waals surface area contributed by atoms with Crippen molar-refractivity contribution in [2.75, 3.05) is 13.7 Å². The van der Waals surface area contributed by atoms with Crippen LogP contribution in [0.25, 0.3) is 0 Å². The maximum absolute atomic E-state index is 12.2. The molecule has 0 bridgehead atoms. The molecule has 4 heteroatoms. The van der Waals surface area contributed by atoms with Crippen LogP contribution in [0.15, 0.2) is 30.3 Å². The van der Waals surface area contributed by atoms with E-state index in [1.54, 1.807) is 4.90 Å². The van der Waals surface area contributed by atoms with Crippen molar-refractivity contribution in [1.29, 1.82) is 0 Å². The van der Waals surface area contributed by atoms with Crippen LogP contribution < -0.4 is 0 Å². The summed E-state index contributed by atoms with van der Waals surface area (Å²) >= 11 is 0. The number of ether oxygens (including phenoxy) is 1. The van der Waals surface area contributed by atoms with Crippen LogP contribution >= 0.6 is 0 Å². The molecule has 0 aliphatic heterocycles. The summed E-state index contributed by atoms with van der Waals surface area (Å²) < 4.78 is 4.60. The van der Waals surface area contributed by atoms with Gasteiger partial charge in [0.05, 0.1) is 20.0 Å². The Morgan fingerprint density at radius 3 is 2.37 bits per heavy atom. The summed E-state index contributed by atoms with van der Waals surface area (Å²) in [6.07, 6.45) is 0.593. The van der Waals surface area contributed by atoms with Crippen LogP contribution in [-0.4, -0.2) is 36.5 Å². The number of rotatable bonds is 6. The lowest BCUT2D eigenvalue weighted by Crippen LogP contribution is -2.39. The molecule has 0 N–H and O–H groups in total. The second kappa shape index (κ2) is 7.56. The maximum atomic E-state index is 12.2. The molecule has 4 nitrogen and oxygen atoms in total. The Morgan fingerprint density at radius 1 is 1.21 bits per heavy atom. The highest BCUT2D eigenvalue weighted by atomic mass is 16.5. The highest BCUT2D eigenvalue weighted by Gasteiger charge is 2.18. The first-order chi connectivity index (χ1) is 9.04. The lowest BCUT2D eigenvalue weighted by molar-refractivity contribution is -0.142.